The summed E-state index contributed by atoms with van der Waals surface area (Å²) >= 11 is 0. The molecule has 0 saturated heterocycles. The van der Waals surface area contributed by atoms with E-state index in [2.05, 4.69) is 10.3 Å². The van der Waals surface area contributed by atoms with Crippen molar-refractivity contribution in [2.24, 2.45) is 0 Å². The van der Waals surface area contributed by atoms with Gasteiger partial charge in [-0.05, 0) is 61.9 Å². The van der Waals surface area contributed by atoms with Crippen molar-refractivity contribution in [1.29, 1.82) is 0 Å². The van der Waals surface area contributed by atoms with Crippen molar-refractivity contribution in [3.05, 3.63) is 77.9 Å². The number of amides is 1. The van der Waals surface area contributed by atoms with Gasteiger partial charge in [0.15, 0.2) is 5.58 Å². The van der Waals surface area contributed by atoms with E-state index >= 15 is 0 Å². The van der Waals surface area contributed by atoms with Gasteiger partial charge in [0.05, 0.1) is 6.61 Å². The van der Waals surface area contributed by atoms with Crippen LogP contribution < -0.4 is 10.1 Å². The van der Waals surface area contributed by atoms with Crippen LogP contribution in [0.3, 0.4) is 0 Å². The predicted octanol–water partition coefficient (Wildman–Crippen LogP) is 5.84. The van der Waals surface area contributed by atoms with Crippen LogP contribution in [0.5, 0.6) is 5.75 Å². The molecule has 1 heterocycles. The minimum atomic E-state index is -0.200. The zero-order valence-electron chi connectivity index (χ0n) is 16.4. The minimum Gasteiger partial charge on any atom is -0.494 e. The highest BCUT2D eigenvalue weighted by Gasteiger charge is 2.11. The van der Waals surface area contributed by atoms with Gasteiger partial charge in [-0.15, -0.1) is 0 Å². The molecule has 0 aliphatic heterocycles. The number of hydrogen-bond donors (Lipinski definition) is 1. The molecule has 0 spiro atoms. The lowest BCUT2D eigenvalue weighted by Gasteiger charge is -2.08. The van der Waals surface area contributed by atoms with Crippen LogP contribution in [0.15, 0.2) is 71.1 Å². The van der Waals surface area contributed by atoms with E-state index in [4.69, 9.17) is 9.15 Å². The molecule has 5 heteroatoms. The number of anilines is 1. The second-order valence-electron chi connectivity index (χ2n) is 6.90. The third-order valence-corrected chi connectivity index (χ3v) is 4.51. The van der Waals surface area contributed by atoms with Gasteiger partial charge in [-0.3, -0.25) is 4.79 Å². The first-order valence-corrected chi connectivity index (χ1v) is 9.64. The fourth-order valence-electron chi connectivity index (χ4n) is 2.98. The van der Waals surface area contributed by atoms with E-state index in [0.29, 0.717) is 40.6 Å². The second kappa shape index (κ2) is 8.19. The molecule has 1 N–H and O–H groups in total. The molecule has 4 rings (SSSR count). The highest BCUT2D eigenvalue weighted by atomic mass is 16.5. The lowest BCUT2D eigenvalue weighted by molar-refractivity contribution is 0.102. The molecule has 4 aromatic rings. The largest absolute Gasteiger partial charge is 0.494 e. The Morgan fingerprint density at radius 2 is 1.90 bits per heavy atom. The molecule has 0 fully saturated rings. The fraction of sp³-hybridized carbons (Fsp3) is 0.167. The summed E-state index contributed by atoms with van der Waals surface area (Å²) in [5.74, 6) is 1.05. The number of ether oxygens (including phenoxy) is 1. The SMILES string of the molecule is CCCOc1cccc(C(=O)Nc2ccc3oc(-c4ccc(C)cc4)nc3c2)c1. The van der Waals surface area contributed by atoms with Crippen LogP contribution in [0.4, 0.5) is 5.69 Å². The van der Waals surface area contributed by atoms with Crippen LogP contribution in [-0.4, -0.2) is 17.5 Å². The molecule has 0 radical (unpaired) electrons. The molecule has 1 amide bonds. The van der Waals surface area contributed by atoms with Crippen molar-refractivity contribution >= 4 is 22.7 Å². The van der Waals surface area contributed by atoms with Crippen molar-refractivity contribution in [3.63, 3.8) is 0 Å². The molecule has 0 aliphatic rings. The zero-order valence-corrected chi connectivity index (χ0v) is 16.4. The third kappa shape index (κ3) is 4.29. The summed E-state index contributed by atoms with van der Waals surface area (Å²) in [4.78, 5) is 17.2. The Hall–Kier alpha value is -3.60. The number of carbonyl (C=O) groups is 1. The van der Waals surface area contributed by atoms with Gasteiger partial charge < -0.3 is 14.5 Å². The fourth-order valence-corrected chi connectivity index (χ4v) is 2.98. The van der Waals surface area contributed by atoms with Crippen molar-refractivity contribution in [2.45, 2.75) is 20.3 Å². The number of hydrogen-bond acceptors (Lipinski definition) is 4. The lowest BCUT2D eigenvalue weighted by atomic mass is 10.1. The van der Waals surface area contributed by atoms with E-state index in [9.17, 15) is 4.79 Å². The van der Waals surface area contributed by atoms with Crippen LogP contribution in [-0.2, 0) is 0 Å². The topological polar surface area (TPSA) is 64.4 Å². The van der Waals surface area contributed by atoms with Crippen molar-refractivity contribution in [2.75, 3.05) is 11.9 Å². The van der Waals surface area contributed by atoms with Gasteiger partial charge in [0.2, 0.25) is 5.89 Å². The monoisotopic (exact) mass is 386 g/mol. The van der Waals surface area contributed by atoms with E-state index in [1.165, 1.54) is 5.56 Å². The molecule has 29 heavy (non-hydrogen) atoms. The van der Waals surface area contributed by atoms with E-state index in [-0.39, 0.29) is 5.91 Å². The number of aryl methyl sites for hydroxylation is 1. The number of rotatable bonds is 6. The normalized spacial score (nSPS) is 10.8. The van der Waals surface area contributed by atoms with Crippen LogP contribution in [0.25, 0.3) is 22.6 Å². The Morgan fingerprint density at radius 1 is 1.07 bits per heavy atom. The quantitative estimate of drug-likeness (QED) is 0.452. The molecular weight excluding hydrogens is 364 g/mol. The standard InChI is InChI=1S/C24H22N2O3/c1-3-13-28-20-6-4-5-18(14-20)23(27)25-19-11-12-22-21(15-19)26-24(29-22)17-9-7-16(2)8-10-17/h4-12,14-15H,3,13H2,1-2H3,(H,25,27). The van der Waals surface area contributed by atoms with Crippen molar-refractivity contribution in [3.8, 4) is 17.2 Å². The average molecular weight is 386 g/mol. The smallest absolute Gasteiger partial charge is 0.255 e. The summed E-state index contributed by atoms with van der Waals surface area (Å²) in [5.41, 5.74) is 4.66. The summed E-state index contributed by atoms with van der Waals surface area (Å²) in [5, 5.41) is 2.91. The van der Waals surface area contributed by atoms with Gasteiger partial charge in [0.25, 0.3) is 5.91 Å². The predicted molar refractivity (Wildman–Crippen MR) is 114 cm³/mol. The van der Waals surface area contributed by atoms with Crippen LogP contribution in [0.2, 0.25) is 0 Å². The molecule has 0 unspecified atom stereocenters. The highest BCUT2D eigenvalue weighted by molar-refractivity contribution is 6.05. The molecule has 0 bridgehead atoms. The first-order valence-electron chi connectivity index (χ1n) is 9.64. The Labute approximate surface area is 169 Å². The number of nitrogens with one attached hydrogen (secondary N) is 1. The number of oxazole rings is 1. The van der Waals surface area contributed by atoms with Gasteiger partial charge in [0, 0.05) is 16.8 Å². The van der Waals surface area contributed by atoms with E-state index < -0.39 is 0 Å². The Kier molecular flexibility index (Phi) is 5.29. The number of nitrogens with zero attached hydrogens (tertiary/aromatic N) is 1. The summed E-state index contributed by atoms with van der Waals surface area (Å²) < 4.78 is 11.5. The maximum absolute atomic E-state index is 12.6. The van der Waals surface area contributed by atoms with Crippen LogP contribution in [0.1, 0.15) is 29.3 Å². The summed E-state index contributed by atoms with van der Waals surface area (Å²) in [7, 11) is 0. The second-order valence-corrected chi connectivity index (χ2v) is 6.90. The maximum Gasteiger partial charge on any atom is 0.255 e. The Balaban J connectivity index is 1.54. The first-order chi connectivity index (χ1) is 14.1. The van der Waals surface area contributed by atoms with Crippen molar-refractivity contribution in [1.82, 2.24) is 4.98 Å². The Morgan fingerprint density at radius 3 is 2.69 bits per heavy atom. The number of carbonyl (C=O) groups excluding carboxylic acids is 1. The number of aromatic nitrogens is 1. The van der Waals surface area contributed by atoms with E-state index in [1.807, 2.05) is 68.4 Å². The van der Waals surface area contributed by atoms with Gasteiger partial charge >= 0.3 is 0 Å². The third-order valence-electron chi connectivity index (χ3n) is 4.51. The molecule has 3 aromatic carbocycles. The van der Waals surface area contributed by atoms with Gasteiger partial charge in [-0.2, -0.15) is 0 Å². The van der Waals surface area contributed by atoms with E-state index in [0.717, 1.165) is 12.0 Å². The molecular formula is C24H22N2O3. The van der Waals surface area contributed by atoms with Gasteiger partial charge in [0.1, 0.15) is 11.3 Å². The van der Waals surface area contributed by atoms with Crippen LogP contribution in [0, 0.1) is 6.92 Å². The molecule has 0 saturated carbocycles. The molecule has 5 nitrogen and oxygen atoms in total. The summed E-state index contributed by atoms with van der Waals surface area (Å²) in [6.45, 7) is 4.70. The Bertz CT molecular complexity index is 1150. The lowest BCUT2D eigenvalue weighted by Crippen LogP contribution is -2.12. The molecule has 1 aromatic heterocycles. The van der Waals surface area contributed by atoms with Crippen LogP contribution >= 0.6 is 0 Å². The van der Waals surface area contributed by atoms with Crippen molar-refractivity contribution < 1.29 is 13.9 Å². The molecule has 0 aliphatic carbocycles. The first kappa shape index (κ1) is 18.7. The number of fused-ring (bicyclic) bond motifs is 1. The summed E-state index contributed by atoms with van der Waals surface area (Å²) in [6.07, 6.45) is 0.915. The average Bonchev–Trinajstić information content (AvgIpc) is 3.16. The maximum atomic E-state index is 12.6. The van der Waals surface area contributed by atoms with Gasteiger partial charge in [-0.1, -0.05) is 30.7 Å². The van der Waals surface area contributed by atoms with E-state index in [1.54, 1.807) is 12.1 Å². The molecule has 146 valence electrons. The molecule has 0 atom stereocenters. The number of benzene rings is 3. The zero-order chi connectivity index (χ0) is 20.2. The highest BCUT2D eigenvalue weighted by Crippen LogP contribution is 2.26. The van der Waals surface area contributed by atoms with Gasteiger partial charge in [-0.25, -0.2) is 4.98 Å². The minimum absolute atomic E-state index is 0.200. The summed E-state index contributed by atoms with van der Waals surface area (Å²) in [6, 6.07) is 20.6.